The van der Waals surface area contributed by atoms with Crippen molar-refractivity contribution in [3.05, 3.63) is 20.6 Å². The van der Waals surface area contributed by atoms with Crippen LogP contribution >= 0.6 is 34.2 Å². The summed E-state index contributed by atoms with van der Waals surface area (Å²) in [5.74, 6) is 0. The summed E-state index contributed by atoms with van der Waals surface area (Å²) in [6.45, 7) is 3.02. The number of fused-ring (bicyclic) bond motifs is 1. The highest BCUT2D eigenvalue weighted by Crippen LogP contribution is 2.29. The molecule has 0 amide bonds. The lowest BCUT2D eigenvalue weighted by Crippen LogP contribution is -2.21. The normalized spacial score (nSPS) is 20.0. The third-order valence-electron chi connectivity index (χ3n) is 3.11. The molecule has 1 fully saturated rings. The van der Waals surface area contributed by atoms with Crippen LogP contribution in [0.25, 0.3) is 5.65 Å². The summed E-state index contributed by atoms with van der Waals surface area (Å²) in [5, 5.41) is 4.64. The molecule has 2 aromatic rings. The summed E-state index contributed by atoms with van der Waals surface area (Å²) >= 11 is 8.22. The highest BCUT2D eigenvalue weighted by atomic mass is 127. The average molecular weight is 381 g/mol. The third kappa shape index (κ3) is 1.95. The highest BCUT2D eigenvalue weighted by Gasteiger charge is 2.25. The molecule has 0 N–H and O–H groups in total. The topological polar surface area (TPSA) is 33.4 Å². The molecule has 0 radical (unpaired) electrons. The van der Waals surface area contributed by atoms with E-state index in [0.717, 1.165) is 20.7 Å². The van der Waals surface area contributed by atoms with Crippen LogP contribution in [0.2, 0.25) is 5.15 Å². The van der Waals surface area contributed by atoms with Gasteiger partial charge < -0.3 is 4.90 Å². The summed E-state index contributed by atoms with van der Waals surface area (Å²) in [5.41, 5.74) is 2.51. The van der Waals surface area contributed by atoms with Gasteiger partial charge in [-0.15, -0.1) is 0 Å². The molecule has 1 saturated heterocycles. The monoisotopic (exact) mass is 380 g/mol. The Morgan fingerprint density at radius 1 is 1.56 bits per heavy atom. The van der Waals surface area contributed by atoms with Gasteiger partial charge in [-0.25, -0.2) is 13.9 Å². The maximum Gasteiger partial charge on any atom is 0.178 e. The van der Waals surface area contributed by atoms with Gasteiger partial charge in [0.25, 0.3) is 0 Å². The first kappa shape index (κ1) is 12.4. The van der Waals surface area contributed by atoms with E-state index < -0.39 is 6.17 Å². The van der Waals surface area contributed by atoms with E-state index in [1.165, 1.54) is 0 Å². The quantitative estimate of drug-likeness (QED) is 0.714. The van der Waals surface area contributed by atoms with Gasteiger partial charge in [0.15, 0.2) is 10.8 Å². The minimum Gasteiger partial charge on any atom is -0.365 e. The molecule has 1 aliphatic heterocycles. The molecular weight excluding hydrogens is 370 g/mol. The van der Waals surface area contributed by atoms with E-state index in [2.05, 4.69) is 32.7 Å². The van der Waals surface area contributed by atoms with Gasteiger partial charge in [0.1, 0.15) is 9.87 Å². The third-order valence-corrected chi connectivity index (χ3v) is 4.53. The highest BCUT2D eigenvalue weighted by molar-refractivity contribution is 14.1. The zero-order chi connectivity index (χ0) is 12.9. The summed E-state index contributed by atoms with van der Waals surface area (Å²) in [6, 6.07) is 1.76. The minimum absolute atomic E-state index is 0.398. The van der Waals surface area contributed by atoms with Crippen molar-refractivity contribution in [2.45, 2.75) is 19.5 Å². The number of alkyl halides is 1. The van der Waals surface area contributed by atoms with E-state index in [9.17, 15) is 4.39 Å². The predicted molar refractivity (Wildman–Crippen MR) is 77.2 cm³/mol. The Hall–Kier alpha value is -0.630. The summed E-state index contributed by atoms with van der Waals surface area (Å²) in [7, 11) is 0. The molecule has 1 unspecified atom stereocenters. The van der Waals surface area contributed by atoms with Crippen molar-refractivity contribution in [2.75, 3.05) is 18.0 Å². The van der Waals surface area contributed by atoms with Crippen molar-refractivity contribution in [1.29, 1.82) is 0 Å². The van der Waals surface area contributed by atoms with Gasteiger partial charge in [0.05, 0.1) is 11.4 Å². The largest absolute Gasteiger partial charge is 0.365 e. The Morgan fingerprint density at radius 3 is 3.00 bits per heavy atom. The molecule has 0 saturated carbocycles. The van der Waals surface area contributed by atoms with E-state index in [1.54, 1.807) is 10.6 Å². The molecular formula is C11H11ClFIN4. The van der Waals surface area contributed by atoms with E-state index in [4.69, 9.17) is 11.6 Å². The van der Waals surface area contributed by atoms with Crippen LogP contribution in [0.15, 0.2) is 6.07 Å². The van der Waals surface area contributed by atoms with Crippen molar-refractivity contribution < 1.29 is 4.39 Å². The zero-order valence-electron chi connectivity index (χ0n) is 9.70. The van der Waals surface area contributed by atoms with Crippen molar-refractivity contribution >= 4 is 45.5 Å². The first-order valence-corrected chi connectivity index (χ1v) is 7.12. The van der Waals surface area contributed by atoms with Crippen LogP contribution in [0.3, 0.4) is 0 Å². The lowest BCUT2D eigenvalue weighted by atomic mass is 10.3. The van der Waals surface area contributed by atoms with Crippen LogP contribution in [0.5, 0.6) is 0 Å². The number of hydrogen-bond donors (Lipinski definition) is 0. The second-order valence-corrected chi connectivity index (χ2v) is 5.82. The first-order chi connectivity index (χ1) is 8.56. The molecule has 4 nitrogen and oxygen atoms in total. The SMILES string of the molecule is Cc1nc2c(N3CCC(F)C3)cc(Cl)nn2c1I. The van der Waals surface area contributed by atoms with Crippen LogP contribution in [0, 0.1) is 10.6 Å². The Morgan fingerprint density at radius 2 is 2.33 bits per heavy atom. The summed E-state index contributed by atoms with van der Waals surface area (Å²) in [4.78, 5) is 6.48. The molecule has 3 heterocycles. The van der Waals surface area contributed by atoms with Gasteiger partial charge in [0.2, 0.25) is 0 Å². The second-order valence-electron chi connectivity index (χ2n) is 4.41. The van der Waals surface area contributed by atoms with Crippen LogP contribution in [-0.4, -0.2) is 33.9 Å². The smallest absolute Gasteiger partial charge is 0.178 e. The molecule has 96 valence electrons. The molecule has 0 aromatic carbocycles. The molecule has 0 spiro atoms. The van der Waals surface area contributed by atoms with Gasteiger partial charge in [-0.1, -0.05) is 11.6 Å². The fourth-order valence-electron chi connectivity index (χ4n) is 2.23. The Bertz CT molecular complexity index is 615. The van der Waals surface area contributed by atoms with Gasteiger partial charge in [-0.2, -0.15) is 5.10 Å². The van der Waals surface area contributed by atoms with Gasteiger partial charge in [0, 0.05) is 19.2 Å². The lowest BCUT2D eigenvalue weighted by Gasteiger charge is -2.18. The number of aryl methyl sites for hydroxylation is 1. The first-order valence-electron chi connectivity index (χ1n) is 5.66. The molecule has 18 heavy (non-hydrogen) atoms. The second kappa shape index (κ2) is 4.48. The molecule has 1 aliphatic rings. The number of imidazole rings is 1. The standard InChI is InChI=1S/C11H11ClFIN4/c1-6-10(14)18-11(15-6)8(4-9(12)16-18)17-3-2-7(13)5-17/h4,7H,2-3,5H2,1H3. The maximum atomic E-state index is 13.3. The maximum absolute atomic E-state index is 13.3. The van der Waals surface area contributed by atoms with Crippen LogP contribution in [0.4, 0.5) is 10.1 Å². The number of aromatic nitrogens is 3. The number of nitrogens with zero attached hydrogens (tertiary/aromatic N) is 4. The molecule has 0 aliphatic carbocycles. The number of hydrogen-bond acceptors (Lipinski definition) is 3. The number of halogens is 3. The molecule has 2 aromatic heterocycles. The van der Waals surface area contributed by atoms with Gasteiger partial charge in [-0.3, -0.25) is 0 Å². The summed E-state index contributed by atoms with van der Waals surface area (Å²) < 4.78 is 16.0. The van der Waals surface area contributed by atoms with Crippen molar-refractivity contribution in [1.82, 2.24) is 14.6 Å². The fourth-order valence-corrected chi connectivity index (χ4v) is 2.86. The Kier molecular flexibility index (Phi) is 3.09. The van der Waals surface area contributed by atoms with Crippen LogP contribution < -0.4 is 4.90 Å². The molecule has 1 atom stereocenters. The van der Waals surface area contributed by atoms with E-state index in [0.29, 0.717) is 24.7 Å². The fraction of sp³-hybridized carbons (Fsp3) is 0.455. The van der Waals surface area contributed by atoms with Crippen molar-refractivity contribution in [3.63, 3.8) is 0 Å². The van der Waals surface area contributed by atoms with E-state index in [1.807, 2.05) is 11.8 Å². The number of rotatable bonds is 1. The Balaban J connectivity index is 2.19. The van der Waals surface area contributed by atoms with Gasteiger partial charge >= 0.3 is 0 Å². The van der Waals surface area contributed by atoms with Crippen LogP contribution in [0.1, 0.15) is 12.1 Å². The van der Waals surface area contributed by atoms with Crippen LogP contribution in [-0.2, 0) is 0 Å². The van der Waals surface area contributed by atoms with E-state index >= 15 is 0 Å². The zero-order valence-corrected chi connectivity index (χ0v) is 12.6. The van der Waals surface area contributed by atoms with Crippen molar-refractivity contribution in [2.24, 2.45) is 0 Å². The minimum atomic E-state index is -0.771. The molecule has 0 bridgehead atoms. The van der Waals surface area contributed by atoms with Gasteiger partial charge in [-0.05, 0) is 35.9 Å². The molecule has 7 heteroatoms. The Labute approximate surface area is 122 Å². The lowest BCUT2D eigenvalue weighted by molar-refractivity contribution is 0.364. The average Bonchev–Trinajstić information content (AvgIpc) is 2.86. The van der Waals surface area contributed by atoms with Crippen molar-refractivity contribution in [3.8, 4) is 0 Å². The predicted octanol–water partition coefficient (Wildman–Crippen LogP) is 2.84. The van der Waals surface area contributed by atoms with E-state index in [-0.39, 0.29) is 0 Å². The molecule has 3 rings (SSSR count). The summed E-state index contributed by atoms with van der Waals surface area (Å²) in [6.07, 6.45) is -0.213. The number of anilines is 1.